The largest absolute Gasteiger partial charge is 0.497 e. The van der Waals surface area contributed by atoms with Crippen LogP contribution in [-0.4, -0.2) is 48.3 Å². The average Bonchev–Trinajstić information content (AvgIpc) is 3.29. The van der Waals surface area contributed by atoms with Crippen LogP contribution in [-0.2, 0) is 11.2 Å². The lowest BCUT2D eigenvalue weighted by Gasteiger charge is -2.33. The maximum atomic E-state index is 12.2. The Morgan fingerprint density at radius 1 is 1.16 bits per heavy atom. The van der Waals surface area contributed by atoms with Gasteiger partial charge in [0.2, 0.25) is 0 Å². The van der Waals surface area contributed by atoms with Crippen molar-refractivity contribution in [2.24, 2.45) is 0 Å². The van der Waals surface area contributed by atoms with E-state index in [1.165, 1.54) is 0 Å². The van der Waals surface area contributed by atoms with Gasteiger partial charge in [-0.25, -0.2) is 4.79 Å². The van der Waals surface area contributed by atoms with Gasteiger partial charge in [0.1, 0.15) is 11.9 Å². The lowest BCUT2D eigenvalue weighted by Crippen LogP contribution is -2.47. The molecule has 0 saturated carbocycles. The molecule has 2 heterocycles. The van der Waals surface area contributed by atoms with Crippen molar-refractivity contribution in [2.75, 3.05) is 19.0 Å². The van der Waals surface area contributed by atoms with E-state index in [9.17, 15) is 9.90 Å². The molecular formula is C24H27N3O5. The van der Waals surface area contributed by atoms with E-state index in [4.69, 9.17) is 14.0 Å². The van der Waals surface area contributed by atoms with E-state index in [-0.39, 0.29) is 18.7 Å². The van der Waals surface area contributed by atoms with E-state index in [0.717, 1.165) is 11.3 Å². The first-order valence-electron chi connectivity index (χ1n) is 10.6. The van der Waals surface area contributed by atoms with E-state index in [2.05, 4.69) is 15.8 Å². The molecule has 8 nitrogen and oxygen atoms in total. The van der Waals surface area contributed by atoms with Crippen molar-refractivity contribution < 1.29 is 23.9 Å². The van der Waals surface area contributed by atoms with Gasteiger partial charge in [-0.15, -0.1) is 0 Å². The van der Waals surface area contributed by atoms with E-state index >= 15 is 0 Å². The third-order valence-corrected chi connectivity index (χ3v) is 5.45. The monoisotopic (exact) mass is 437 g/mol. The van der Waals surface area contributed by atoms with Gasteiger partial charge < -0.3 is 29.7 Å². The van der Waals surface area contributed by atoms with Crippen molar-refractivity contribution in [2.45, 2.75) is 37.6 Å². The summed E-state index contributed by atoms with van der Waals surface area (Å²) in [6.45, 7) is 0.202. The molecule has 0 spiro atoms. The van der Waals surface area contributed by atoms with E-state index < -0.39 is 12.2 Å². The molecule has 3 N–H and O–H groups in total. The second-order valence-electron chi connectivity index (χ2n) is 7.76. The zero-order valence-electron chi connectivity index (χ0n) is 17.9. The fourth-order valence-electron chi connectivity index (χ4n) is 3.71. The first-order chi connectivity index (χ1) is 15.6. The first-order valence-corrected chi connectivity index (χ1v) is 10.6. The minimum atomic E-state index is -0.635. The lowest BCUT2D eigenvalue weighted by molar-refractivity contribution is -0.113. The maximum absolute atomic E-state index is 12.2. The Morgan fingerprint density at radius 3 is 2.69 bits per heavy atom. The van der Waals surface area contributed by atoms with E-state index in [1.807, 2.05) is 36.4 Å². The zero-order chi connectivity index (χ0) is 22.3. The summed E-state index contributed by atoms with van der Waals surface area (Å²) in [6.07, 6.45) is 0.658. The normalized spacial score (nSPS) is 20.5. The summed E-state index contributed by atoms with van der Waals surface area (Å²) in [4.78, 5) is 12.2. The van der Waals surface area contributed by atoms with Crippen LogP contribution in [0.3, 0.4) is 0 Å². The van der Waals surface area contributed by atoms with Gasteiger partial charge in [-0.3, -0.25) is 0 Å². The van der Waals surface area contributed by atoms with Gasteiger partial charge in [-0.2, -0.15) is 0 Å². The minimum Gasteiger partial charge on any atom is -0.497 e. The third kappa shape index (κ3) is 5.66. The second kappa shape index (κ2) is 10.3. The fraction of sp³-hybridized carbons (Fsp3) is 0.333. The van der Waals surface area contributed by atoms with Crippen LogP contribution in [0.2, 0.25) is 0 Å². The molecule has 0 bridgehead atoms. The molecular weight excluding hydrogens is 410 g/mol. The van der Waals surface area contributed by atoms with Gasteiger partial charge in [0, 0.05) is 30.3 Å². The quantitative estimate of drug-likeness (QED) is 0.521. The van der Waals surface area contributed by atoms with Gasteiger partial charge in [0.05, 0.1) is 25.0 Å². The predicted molar refractivity (Wildman–Crippen MR) is 120 cm³/mol. The van der Waals surface area contributed by atoms with Crippen LogP contribution in [0.4, 0.5) is 10.5 Å². The van der Waals surface area contributed by atoms with Gasteiger partial charge in [-0.1, -0.05) is 35.5 Å². The third-order valence-electron chi connectivity index (χ3n) is 5.45. The first kappa shape index (κ1) is 21.9. The highest BCUT2D eigenvalue weighted by Gasteiger charge is 2.31. The SMILES string of the molecule is COc1ccc(NC(=O)NC[C@H]2O[C@H](Cc3cc(-c4ccccc4)on3)CC[C@@H]2O)cc1. The van der Waals surface area contributed by atoms with Crippen molar-refractivity contribution in [3.8, 4) is 17.1 Å². The van der Waals surface area contributed by atoms with Crippen LogP contribution < -0.4 is 15.4 Å². The number of rotatable bonds is 7. The summed E-state index contributed by atoms with van der Waals surface area (Å²) in [5.74, 6) is 1.42. The molecule has 3 aromatic rings. The summed E-state index contributed by atoms with van der Waals surface area (Å²) in [5.41, 5.74) is 2.41. The highest BCUT2D eigenvalue weighted by atomic mass is 16.5. The molecule has 1 aliphatic heterocycles. The van der Waals surface area contributed by atoms with Gasteiger partial charge >= 0.3 is 6.03 Å². The molecule has 3 atom stereocenters. The molecule has 1 saturated heterocycles. The van der Waals surface area contributed by atoms with Gasteiger partial charge in [-0.05, 0) is 37.1 Å². The number of hydrogen-bond acceptors (Lipinski definition) is 6. The molecule has 1 aliphatic rings. The Morgan fingerprint density at radius 2 is 1.94 bits per heavy atom. The fourth-order valence-corrected chi connectivity index (χ4v) is 3.71. The zero-order valence-corrected chi connectivity index (χ0v) is 17.9. The van der Waals surface area contributed by atoms with Crippen LogP contribution >= 0.6 is 0 Å². The number of aliphatic hydroxyl groups excluding tert-OH is 1. The number of nitrogens with zero attached hydrogens (tertiary/aromatic N) is 1. The standard InChI is InChI=1S/C24H27N3O5/c1-30-19-9-7-17(8-10-19)26-24(29)25-15-23-21(28)12-11-20(31-23)13-18-14-22(32-27-18)16-5-3-2-4-6-16/h2-10,14,20-21,23,28H,11-13,15H2,1H3,(H2,25,26,29)/t20-,21-,23+/m0/s1. The molecule has 32 heavy (non-hydrogen) atoms. The minimum absolute atomic E-state index is 0.108. The molecule has 168 valence electrons. The number of methoxy groups -OCH3 is 1. The summed E-state index contributed by atoms with van der Waals surface area (Å²) in [5, 5.41) is 20.0. The number of urea groups is 1. The number of ether oxygens (including phenoxy) is 2. The Hall–Kier alpha value is -3.36. The molecule has 2 aromatic carbocycles. The van der Waals surface area contributed by atoms with Crippen molar-refractivity contribution in [3.05, 3.63) is 66.4 Å². The molecule has 2 amide bonds. The van der Waals surface area contributed by atoms with Crippen LogP contribution in [0.25, 0.3) is 11.3 Å². The second-order valence-corrected chi connectivity index (χ2v) is 7.76. The summed E-state index contributed by atoms with van der Waals surface area (Å²) >= 11 is 0. The number of hydrogen-bond donors (Lipinski definition) is 3. The van der Waals surface area contributed by atoms with Crippen LogP contribution in [0.1, 0.15) is 18.5 Å². The van der Waals surface area contributed by atoms with Crippen molar-refractivity contribution >= 4 is 11.7 Å². The number of benzene rings is 2. The lowest BCUT2D eigenvalue weighted by atomic mass is 9.98. The van der Waals surface area contributed by atoms with Gasteiger partial charge in [0.15, 0.2) is 5.76 Å². The number of aliphatic hydroxyl groups is 1. The van der Waals surface area contributed by atoms with Crippen LogP contribution in [0, 0.1) is 0 Å². The van der Waals surface area contributed by atoms with Crippen LogP contribution in [0.15, 0.2) is 65.2 Å². The number of nitrogens with one attached hydrogen (secondary N) is 2. The van der Waals surface area contributed by atoms with E-state index in [0.29, 0.717) is 36.5 Å². The number of carbonyl (C=O) groups is 1. The van der Waals surface area contributed by atoms with Crippen molar-refractivity contribution in [1.29, 1.82) is 0 Å². The van der Waals surface area contributed by atoms with Crippen molar-refractivity contribution in [3.63, 3.8) is 0 Å². The molecule has 0 unspecified atom stereocenters. The highest BCUT2D eigenvalue weighted by Crippen LogP contribution is 2.25. The smallest absolute Gasteiger partial charge is 0.319 e. The Labute approximate surface area is 186 Å². The molecule has 8 heteroatoms. The number of anilines is 1. The number of carbonyl (C=O) groups excluding carboxylic acids is 1. The average molecular weight is 437 g/mol. The highest BCUT2D eigenvalue weighted by molar-refractivity contribution is 5.89. The maximum Gasteiger partial charge on any atom is 0.319 e. The predicted octanol–water partition coefficient (Wildman–Crippen LogP) is 3.62. The Bertz CT molecular complexity index is 1010. The summed E-state index contributed by atoms with van der Waals surface area (Å²) < 4.78 is 16.6. The summed E-state index contributed by atoms with van der Waals surface area (Å²) in [6, 6.07) is 18.4. The Kier molecular flexibility index (Phi) is 7.03. The Balaban J connectivity index is 1.27. The van der Waals surface area contributed by atoms with E-state index in [1.54, 1.807) is 31.4 Å². The molecule has 0 radical (unpaired) electrons. The van der Waals surface area contributed by atoms with Crippen LogP contribution in [0.5, 0.6) is 5.75 Å². The molecule has 1 aromatic heterocycles. The molecule has 0 aliphatic carbocycles. The number of aromatic nitrogens is 1. The summed E-state index contributed by atoms with van der Waals surface area (Å²) in [7, 11) is 1.59. The van der Waals surface area contributed by atoms with Gasteiger partial charge in [0.25, 0.3) is 0 Å². The van der Waals surface area contributed by atoms with Crippen molar-refractivity contribution in [1.82, 2.24) is 10.5 Å². The molecule has 1 fully saturated rings. The topological polar surface area (TPSA) is 106 Å². The number of amides is 2. The molecule has 4 rings (SSSR count).